The molecule has 0 spiro atoms. The van der Waals surface area contributed by atoms with Crippen LogP contribution in [0.1, 0.15) is 43.2 Å². The van der Waals surface area contributed by atoms with Crippen LogP contribution in [0.3, 0.4) is 0 Å². The zero-order valence-corrected chi connectivity index (χ0v) is 15.5. The number of pyridine rings is 1. The van der Waals surface area contributed by atoms with Gasteiger partial charge in [0.1, 0.15) is 6.61 Å². The highest BCUT2D eigenvalue weighted by atomic mass is 16.6. The summed E-state index contributed by atoms with van der Waals surface area (Å²) in [6.45, 7) is 0.289. The van der Waals surface area contributed by atoms with Crippen molar-refractivity contribution in [3.63, 3.8) is 0 Å². The predicted octanol–water partition coefficient (Wildman–Crippen LogP) is 3.71. The topological polar surface area (TPSA) is 62.7 Å². The van der Waals surface area contributed by atoms with Crippen LogP contribution in [0.5, 0.6) is 0 Å². The largest absolute Gasteiger partial charge is 0.445 e. The van der Waals surface area contributed by atoms with E-state index in [9.17, 15) is 9.90 Å². The van der Waals surface area contributed by atoms with Gasteiger partial charge < -0.3 is 14.7 Å². The molecule has 142 valence electrons. The van der Waals surface area contributed by atoms with E-state index in [0.29, 0.717) is 19.3 Å². The van der Waals surface area contributed by atoms with Gasteiger partial charge >= 0.3 is 6.09 Å². The van der Waals surface area contributed by atoms with E-state index in [0.717, 1.165) is 30.4 Å². The number of fused-ring (bicyclic) bond motifs is 2. The molecular formula is C22H26N2O3. The van der Waals surface area contributed by atoms with Crippen molar-refractivity contribution in [3.8, 4) is 0 Å². The molecule has 3 heterocycles. The zero-order valence-electron chi connectivity index (χ0n) is 15.5. The predicted molar refractivity (Wildman–Crippen MR) is 102 cm³/mol. The highest BCUT2D eigenvalue weighted by Crippen LogP contribution is 2.41. The number of rotatable bonds is 4. The van der Waals surface area contributed by atoms with Crippen molar-refractivity contribution in [2.75, 3.05) is 0 Å². The van der Waals surface area contributed by atoms with Gasteiger partial charge in [-0.05, 0) is 55.4 Å². The van der Waals surface area contributed by atoms with Crippen LogP contribution in [0.25, 0.3) is 0 Å². The van der Waals surface area contributed by atoms with Gasteiger partial charge in [0, 0.05) is 30.9 Å². The highest BCUT2D eigenvalue weighted by Gasteiger charge is 2.47. The molecule has 0 saturated carbocycles. The van der Waals surface area contributed by atoms with Gasteiger partial charge in [-0.3, -0.25) is 4.98 Å². The lowest BCUT2D eigenvalue weighted by Crippen LogP contribution is -2.60. The van der Waals surface area contributed by atoms with Crippen molar-refractivity contribution in [2.45, 2.75) is 62.8 Å². The molecule has 27 heavy (non-hydrogen) atoms. The third-order valence-corrected chi connectivity index (χ3v) is 5.79. The average molecular weight is 366 g/mol. The number of carbonyl (C=O) groups is 1. The maximum atomic E-state index is 12.8. The third kappa shape index (κ3) is 4.14. The molecule has 2 aromatic rings. The number of hydrogen-bond donors (Lipinski definition) is 1. The molecule has 2 aliphatic rings. The molecular weight excluding hydrogens is 340 g/mol. The Bertz CT molecular complexity index is 752. The molecule has 5 heteroatoms. The van der Waals surface area contributed by atoms with E-state index in [-0.39, 0.29) is 24.8 Å². The van der Waals surface area contributed by atoms with Gasteiger partial charge in [-0.15, -0.1) is 0 Å². The zero-order chi connectivity index (χ0) is 18.7. The summed E-state index contributed by atoms with van der Waals surface area (Å²) in [6, 6.07) is 13.7. The second-order valence-corrected chi connectivity index (χ2v) is 7.85. The van der Waals surface area contributed by atoms with Gasteiger partial charge in [-0.1, -0.05) is 30.3 Å². The van der Waals surface area contributed by atoms with Gasteiger partial charge in [0.25, 0.3) is 0 Å². The molecule has 4 rings (SSSR count). The fourth-order valence-electron chi connectivity index (χ4n) is 4.64. The van der Waals surface area contributed by atoms with Crippen LogP contribution in [0.15, 0.2) is 54.9 Å². The molecule has 2 atom stereocenters. The second kappa shape index (κ2) is 7.69. The summed E-state index contributed by atoms with van der Waals surface area (Å²) in [5.74, 6) is 0. The summed E-state index contributed by atoms with van der Waals surface area (Å²) in [7, 11) is 0. The van der Waals surface area contributed by atoms with Crippen molar-refractivity contribution >= 4 is 6.09 Å². The SMILES string of the molecule is O=C(OCc1ccccc1)N1C2CCCC1CC(O)(Cc1ccncc1)C2. The first-order chi connectivity index (χ1) is 13.1. The van der Waals surface area contributed by atoms with Crippen molar-refractivity contribution in [2.24, 2.45) is 0 Å². The molecule has 1 aromatic carbocycles. The van der Waals surface area contributed by atoms with Crippen LogP contribution >= 0.6 is 0 Å². The number of aromatic nitrogens is 1. The summed E-state index contributed by atoms with van der Waals surface area (Å²) in [5, 5.41) is 11.2. The number of benzene rings is 1. The first-order valence-corrected chi connectivity index (χ1v) is 9.73. The Morgan fingerprint density at radius 1 is 1.07 bits per heavy atom. The number of carbonyl (C=O) groups excluding carboxylic acids is 1. The molecule has 0 radical (unpaired) electrons. The van der Waals surface area contributed by atoms with Crippen LogP contribution in [-0.2, 0) is 17.8 Å². The summed E-state index contributed by atoms with van der Waals surface area (Å²) < 4.78 is 5.59. The van der Waals surface area contributed by atoms with Crippen LogP contribution in [0.4, 0.5) is 4.79 Å². The standard InChI is InChI=1S/C22H26N2O3/c25-21(27-16-18-5-2-1-3-6-18)24-19-7-4-8-20(24)15-22(26,14-19)13-17-9-11-23-12-10-17/h1-3,5-6,9-12,19-20,26H,4,7-8,13-16H2. The first kappa shape index (κ1) is 18.0. The van der Waals surface area contributed by atoms with E-state index >= 15 is 0 Å². The second-order valence-electron chi connectivity index (χ2n) is 7.85. The fraction of sp³-hybridized carbons (Fsp3) is 0.455. The van der Waals surface area contributed by atoms with Gasteiger partial charge in [-0.2, -0.15) is 0 Å². The minimum atomic E-state index is -0.771. The maximum Gasteiger partial charge on any atom is 0.410 e. The molecule has 1 aromatic heterocycles. The van der Waals surface area contributed by atoms with Crippen molar-refractivity contribution in [1.82, 2.24) is 9.88 Å². The molecule has 1 N–H and O–H groups in total. The van der Waals surface area contributed by atoms with Gasteiger partial charge in [0.2, 0.25) is 0 Å². The summed E-state index contributed by atoms with van der Waals surface area (Å²) in [5.41, 5.74) is 1.31. The molecule has 1 amide bonds. The van der Waals surface area contributed by atoms with E-state index in [4.69, 9.17) is 4.74 Å². The van der Waals surface area contributed by atoms with Crippen LogP contribution in [0, 0.1) is 0 Å². The van der Waals surface area contributed by atoms with Crippen LogP contribution in [-0.4, -0.2) is 38.8 Å². The minimum absolute atomic E-state index is 0.0487. The fourth-order valence-corrected chi connectivity index (χ4v) is 4.64. The molecule has 2 bridgehead atoms. The Hall–Kier alpha value is -2.40. The van der Waals surface area contributed by atoms with E-state index in [1.165, 1.54) is 0 Å². The quantitative estimate of drug-likeness (QED) is 0.896. The number of aliphatic hydroxyl groups is 1. The van der Waals surface area contributed by atoms with Gasteiger partial charge in [-0.25, -0.2) is 4.79 Å². The monoisotopic (exact) mass is 366 g/mol. The van der Waals surface area contributed by atoms with E-state index in [1.54, 1.807) is 12.4 Å². The van der Waals surface area contributed by atoms with Gasteiger partial charge in [0.05, 0.1) is 5.60 Å². The molecule has 0 aliphatic carbocycles. The third-order valence-electron chi connectivity index (χ3n) is 5.79. The molecule has 5 nitrogen and oxygen atoms in total. The van der Waals surface area contributed by atoms with E-state index in [1.807, 2.05) is 47.4 Å². The average Bonchev–Trinajstić information content (AvgIpc) is 2.67. The van der Waals surface area contributed by atoms with Crippen molar-refractivity contribution in [1.29, 1.82) is 0 Å². The normalized spacial score (nSPS) is 27.2. The number of piperidine rings is 2. The molecule has 2 saturated heterocycles. The Labute approximate surface area is 160 Å². The molecule has 2 aliphatic heterocycles. The highest BCUT2D eigenvalue weighted by molar-refractivity contribution is 5.69. The van der Waals surface area contributed by atoms with Crippen molar-refractivity contribution < 1.29 is 14.6 Å². The van der Waals surface area contributed by atoms with Gasteiger partial charge in [0.15, 0.2) is 0 Å². The summed E-state index contributed by atoms with van der Waals surface area (Å²) in [6.07, 6.45) is 8.03. The number of hydrogen-bond acceptors (Lipinski definition) is 4. The Morgan fingerprint density at radius 3 is 2.41 bits per heavy atom. The number of nitrogens with zero attached hydrogens (tertiary/aromatic N) is 2. The Kier molecular flexibility index (Phi) is 5.12. The summed E-state index contributed by atoms with van der Waals surface area (Å²) in [4.78, 5) is 18.7. The summed E-state index contributed by atoms with van der Waals surface area (Å²) >= 11 is 0. The Morgan fingerprint density at radius 2 is 1.74 bits per heavy atom. The minimum Gasteiger partial charge on any atom is -0.445 e. The molecule has 2 fully saturated rings. The first-order valence-electron chi connectivity index (χ1n) is 9.73. The Balaban J connectivity index is 1.43. The van der Waals surface area contributed by atoms with E-state index < -0.39 is 5.60 Å². The van der Waals surface area contributed by atoms with Crippen LogP contribution < -0.4 is 0 Å². The smallest absolute Gasteiger partial charge is 0.410 e. The lowest BCUT2D eigenvalue weighted by molar-refractivity contribution is -0.0846. The van der Waals surface area contributed by atoms with Crippen molar-refractivity contribution in [3.05, 3.63) is 66.0 Å². The lowest BCUT2D eigenvalue weighted by atomic mass is 9.73. The lowest BCUT2D eigenvalue weighted by Gasteiger charge is -2.51. The maximum absolute atomic E-state index is 12.8. The molecule has 2 unspecified atom stereocenters. The number of amides is 1. The van der Waals surface area contributed by atoms with E-state index in [2.05, 4.69) is 4.98 Å². The van der Waals surface area contributed by atoms with Crippen LogP contribution in [0.2, 0.25) is 0 Å². The number of ether oxygens (including phenoxy) is 1.